The largest absolute Gasteiger partial charge is 0.494 e. The van der Waals surface area contributed by atoms with Crippen molar-refractivity contribution in [1.82, 2.24) is 14.5 Å². The molecule has 6 nitrogen and oxygen atoms in total. The third-order valence-electron chi connectivity index (χ3n) is 3.71. The van der Waals surface area contributed by atoms with Gasteiger partial charge in [0, 0.05) is 13.1 Å². The number of rotatable bonds is 4. The van der Waals surface area contributed by atoms with Crippen molar-refractivity contribution >= 4 is 0 Å². The molecule has 2 N–H and O–H groups in total. The van der Waals surface area contributed by atoms with Crippen LogP contribution in [-0.4, -0.2) is 39.2 Å². The monoisotopic (exact) mass is 267 g/mol. The van der Waals surface area contributed by atoms with Gasteiger partial charge < -0.3 is 10.0 Å². The fourth-order valence-corrected chi connectivity index (χ4v) is 2.55. The molecule has 0 unspecified atom stereocenters. The Labute approximate surface area is 111 Å². The highest BCUT2D eigenvalue weighted by atomic mass is 16.3. The highest BCUT2D eigenvalue weighted by Gasteiger charge is 2.14. The van der Waals surface area contributed by atoms with Gasteiger partial charge in [-0.2, -0.15) is 0 Å². The van der Waals surface area contributed by atoms with Crippen LogP contribution in [0.4, 0.5) is 0 Å². The first kappa shape index (κ1) is 13.9. The van der Waals surface area contributed by atoms with Crippen molar-refractivity contribution < 1.29 is 5.11 Å². The molecule has 0 atom stereocenters. The summed E-state index contributed by atoms with van der Waals surface area (Å²) in [5.41, 5.74) is -0.742. The minimum Gasteiger partial charge on any atom is -0.494 e. The van der Waals surface area contributed by atoms with E-state index in [4.69, 9.17) is 0 Å². The minimum atomic E-state index is -0.531. The maximum absolute atomic E-state index is 11.7. The van der Waals surface area contributed by atoms with E-state index in [1.807, 2.05) is 0 Å². The number of piperidine rings is 1. The minimum absolute atomic E-state index is 0.187. The number of H-pyrrole nitrogens is 1. The first-order valence-electron chi connectivity index (χ1n) is 6.90. The van der Waals surface area contributed by atoms with Crippen LogP contribution in [0.25, 0.3) is 0 Å². The summed E-state index contributed by atoms with van der Waals surface area (Å²) in [6.07, 6.45) is 4.05. The maximum atomic E-state index is 11.7. The van der Waals surface area contributed by atoms with Crippen molar-refractivity contribution in [3.05, 3.63) is 26.4 Å². The van der Waals surface area contributed by atoms with E-state index in [2.05, 4.69) is 9.88 Å². The summed E-state index contributed by atoms with van der Waals surface area (Å²) in [7, 11) is 0. The van der Waals surface area contributed by atoms with Crippen LogP contribution in [0.3, 0.4) is 0 Å². The van der Waals surface area contributed by atoms with Crippen molar-refractivity contribution in [1.29, 1.82) is 0 Å². The van der Waals surface area contributed by atoms with Gasteiger partial charge in [0.05, 0.1) is 5.56 Å². The number of hydrogen-bond acceptors (Lipinski definition) is 4. The standard InChI is InChI=1S/C13H21N3O3/c1-2-10-11(17)14-13(19)16(12(10)18)9-8-15-6-4-3-5-7-15/h18H,2-9H2,1H3,(H,14,17,19). The summed E-state index contributed by atoms with van der Waals surface area (Å²) in [4.78, 5) is 27.8. The molecular formula is C13H21N3O3. The molecule has 6 heteroatoms. The zero-order chi connectivity index (χ0) is 13.8. The molecule has 1 saturated heterocycles. The molecule has 0 bridgehead atoms. The van der Waals surface area contributed by atoms with Crippen molar-refractivity contribution in [2.45, 2.75) is 39.2 Å². The molecule has 2 heterocycles. The highest BCUT2D eigenvalue weighted by Crippen LogP contribution is 2.12. The summed E-state index contributed by atoms with van der Waals surface area (Å²) in [6, 6.07) is 0. The zero-order valence-electron chi connectivity index (χ0n) is 11.3. The van der Waals surface area contributed by atoms with E-state index < -0.39 is 11.2 Å². The van der Waals surface area contributed by atoms with E-state index in [0.29, 0.717) is 13.0 Å². The molecule has 0 spiro atoms. The van der Waals surface area contributed by atoms with E-state index in [0.717, 1.165) is 19.6 Å². The summed E-state index contributed by atoms with van der Waals surface area (Å²) in [5, 5.41) is 10.0. The van der Waals surface area contributed by atoms with Gasteiger partial charge in [-0.3, -0.25) is 14.3 Å². The second kappa shape index (κ2) is 6.06. The van der Waals surface area contributed by atoms with E-state index in [1.54, 1.807) is 6.92 Å². The lowest BCUT2D eigenvalue weighted by Crippen LogP contribution is -2.37. The van der Waals surface area contributed by atoms with E-state index >= 15 is 0 Å². The molecule has 1 aliphatic heterocycles. The van der Waals surface area contributed by atoms with Crippen LogP contribution in [0, 0.1) is 0 Å². The van der Waals surface area contributed by atoms with Crippen LogP contribution in [-0.2, 0) is 13.0 Å². The Kier molecular flexibility index (Phi) is 4.42. The van der Waals surface area contributed by atoms with Gasteiger partial charge in [-0.1, -0.05) is 13.3 Å². The van der Waals surface area contributed by atoms with Gasteiger partial charge in [-0.15, -0.1) is 0 Å². The molecule has 0 radical (unpaired) electrons. The number of hydrogen-bond donors (Lipinski definition) is 2. The van der Waals surface area contributed by atoms with Gasteiger partial charge in [-0.25, -0.2) is 4.79 Å². The average molecular weight is 267 g/mol. The quantitative estimate of drug-likeness (QED) is 0.822. The molecule has 1 aromatic heterocycles. The van der Waals surface area contributed by atoms with Crippen LogP contribution in [0.5, 0.6) is 5.88 Å². The second-order valence-corrected chi connectivity index (χ2v) is 4.97. The lowest BCUT2D eigenvalue weighted by molar-refractivity contribution is 0.215. The molecule has 1 aromatic rings. The average Bonchev–Trinajstić information content (AvgIpc) is 2.39. The van der Waals surface area contributed by atoms with Crippen LogP contribution >= 0.6 is 0 Å². The fraction of sp³-hybridized carbons (Fsp3) is 0.692. The normalized spacial score (nSPS) is 16.7. The molecule has 0 amide bonds. The topological polar surface area (TPSA) is 78.3 Å². The van der Waals surface area contributed by atoms with E-state index in [9.17, 15) is 14.7 Å². The molecule has 19 heavy (non-hydrogen) atoms. The Bertz CT molecular complexity index is 541. The third-order valence-corrected chi connectivity index (χ3v) is 3.71. The summed E-state index contributed by atoms with van der Waals surface area (Å²) < 4.78 is 1.26. The fourth-order valence-electron chi connectivity index (χ4n) is 2.55. The molecule has 2 rings (SSSR count). The van der Waals surface area contributed by atoms with Crippen LogP contribution < -0.4 is 11.2 Å². The number of aromatic hydroxyl groups is 1. The van der Waals surface area contributed by atoms with Crippen LogP contribution in [0.1, 0.15) is 31.7 Å². The van der Waals surface area contributed by atoms with Gasteiger partial charge in [0.25, 0.3) is 5.56 Å². The third kappa shape index (κ3) is 3.07. The van der Waals surface area contributed by atoms with E-state index in [-0.39, 0.29) is 11.4 Å². The Hall–Kier alpha value is -1.56. The lowest BCUT2D eigenvalue weighted by atomic mass is 10.1. The smallest absolute Gasteiger partial charge is 0.331 e. The van der Waals surface area contributed by atoms with Gasteiger partial charge in [-0.05, 0) is 32.4 Å². The Balaban J connectivity index is 2.15. The van der Waals surface area contributed by atoms with Crippen LogP contribution in [0.15, 0.2) is 9.59 Å². The summed E-state index contributed by atoms with van der Waals surface area (Å²) >= 11 is 0. The summed E-state index contributed by atoms with van der Waals surface area (Å²) in [5.74, 6) is -0.187. The lowest BCUT2D eigenvalue weighted by Gasteiger charge is -2.26. The predicted molar refractivity (Wildman–Crippen MR) is 72.7 cm³/mol. The Morgan fingerprint density at radius 1 is 1.16 bits per heavy atom. The second-order valence-electron chi connectivity index (χ2n) is 4.97. The van der Waals surface area contributed by atoms with Crippen molar-refractivity contribution in [2.24, 2.45) is 0 Å². The number of aromatic nitrogens is 2. The Morgan fingerprint density at radius 3 is 2.47 bits per heavy atom. The molecule has 0 saturated carbocycles. The van der Waals surface area contributed by atoms with Crippen molar-refractivity contribution in [3.8, 4) is 5.88 Å². The van der Waals surface area contributed by atoms with Crippen molar-refractivity contribution in [3.63, 3.8) is 0 Å². The molecular weight excluding hydrogens is 246 g/mol. The van der Waals surface area contributed by atoms with Gasteiger partial charge >= 0.3 is 5.69 Å². The van der Waals surface area contributed by atoms with Crippen LogP contribution in [0.2, 0.25) is 0 Å². The van der Waals surface area contributed by atoms with Gasteiger partial charge in [0.2, 0.25) is 5.88 Å². The maximum Gasteiger partial charge on any atom is 0.331 e. The SMILES string of the molecule is CCc1c(O)n(CCN2CCCCC2)c(=O)[nH]c1=O. The number of aromatic amines is 1. The number of nitrogens with one attached hydrogen (secondary N) is 1. The van der Waals surface area contributed by atoms with Gasteiger partial charge in [0.1, 0.15) is 0 Å². The van der Waals surface area contributed by atoms with Crippen molar-refractivity contribution in [2.75, 3.05) is 19.6 Å². The predicted octanol–water partition coefficient (Wildman–Crippen LogP) is 0.290. The first-order valence-corrected chi connectivity index (χ1v) is 6.90. The number of nitrogens with zero attached hydrogens (tertiary/aromatic N) is 2. The zero-order valence-corrected chi connectivity index (χ0v) is 11.3. The molecule has 1 fully saturated rings. The number of likely N-dealkylation sites (tertiary alicyclic amines) is 1. The van der Waals surface area contributed by atoms with Gasteiger partial charge in [0.15, 0.2) is 0 Å². The Morgan fingerprint density at radius 2 is 1.84 bits per heavy atom. The highest BCUT2D eigenvalue weighted by molar-refractivity contribution is 5.22. The molecule has 0 aromatic carbocycles. The molecule has 1 aliphatic rings. The van der Waals surface area contributed by atoms with E-state index in [1.165, 1.54) is 23.8 Å². The molecule has 0 aliphatic carbocycles. The first-order chi connectivity index (χ1) is 9.13. The molecule has 106 valence electrons. The summed E-state index contributed by atoms with van der Waals surface area (Å²) in [6.45, 7) is 5.00.